The molecule has 0 N–H and O–H groups in total. The molecule has 0 saturated heterocycles. The Kier molecular flexibility index (Phi) is 5.09. The van der Waals surface area contributed by atoms with Crippen LogP contribution in [0, 0.1) is 11.3 Å². The van der Waals surface area contributed by atoms with Gasteiger partial charge in [0.15, 0.2) is 5.78 Å². The lowest BCUT2D eigenvalue weighted by atomic mass is 9.98. The summed E-state index contributed by atoms with van der Waals surface area (Å²) in [7, 11) is 0. The second-order valence-corrected chi connectivity index (χ2v) is 7.15. The molecule has 1 fully saturated rings. The van der Waals surface area contributed by atoms with Crippen molar-refractivity contribution in [2.75, 3.05) is 0 Å². The fraction of sp³-hybridized carbons (Fsp3) is 0.450. The Hall–Kier alpha value is -2.62. The SMILES string of the molecule is CC(C)n1nc(-c2ccc(C#N)cc2)c(C2CC2)c1C(=O)CCC(F)(F)F. The van der Waals surface area contributed by atoms with Crippen LogP contribution < -0.4 is 0 Å². The zero-order valence-electron chi connectivity index (χ0n) is 15.2. The monoisotopic (exact) mass is 375 g/mol. The van der Waals surface area contributed by atoms with E-state index in [0.29, 0.717) is 17.0 Å². The maximum atomic E-state index is 12.7. The fourth-order valence-corrected chi connectivity index (χ4v) is 3.15. The van der Waals surface area contributed by atoms with Crippen LogP contribution in [-0.2, 0) is 0 Å². The average molecular weight is 375 g/mol. The minimum Gasteiger partial charge on any atom is -0.292 e. The number of rotatable bonds is 6. The lowest BCUT2D eigenvalue weighted by Crippen LogP contribution is -2.17. The van der Waals surface area contributed by atoms with E-state index >= 15 is 0 Å². The van der Waals surface area contributed by atoms with Crippen LogP contribution >= 0.6 is 0 Å². The lowest BCUT2D eigenvalue weighted by Gasteiger charge is -2.12. The molecule has 27 heavy (non-hydrogen) atoms. The molecule has 0 spiro atoms. The first-order chi connectivity index (χ1) is 12.7. The van der Waals surface area contributed by atoms with Gasteiger partial charge in [-0.2, -0.15) is 23.5 Å². The highest BCUT2D eigenvalue weighted by molar-refractivity contribution is 5.98. The molecule has 0 atom stereocenters. The molecule has 4 nitrogen and oxygen atoms in total. The van der Waals surface area contributed by atoms with E-state index in [0.717, 1.165) is 24.0 Å². The predicted molar refractivity (Wildman–Crippen MR) is 94.4 cm³/mol. The van der Waals surface area contributed by atoms with Gasteiger partial charge in [-0.3, -0.25) is 9.48 Å². The molecule has 1 aromatic carbocycles. The number of carbonyl (C=O) groups excluding carboxylic acids is 1. The van der Waals surface area contributed by atoms with Crippen molar-refractivity contribution >= 4 is 5.78 Å². The smallest absolute Gasteiger partial charge is 0.292 e. The van der Waals surface area contributed by atoms with Crippen molar-refractivity contribution in [3.8, 4) is 17.3 Å². The number of hydrogen-bond donors (Lipinski definition) is 0. The van der Waals surface area contributed by atoms with Gasteiger partial charge in [0.2, 0.25) is 0 Å². The Bertz CT molecular complexity index is 885. The third kappa shape index (κ3) is 4.21. The van der Waals surface area contributed by atoms with Gasteiger partial charge < -0.3 is 0 Å². The molecule has 0 unspecified atom stereocenters. The molecule has 2 aromatic rings. The summed E-state index contributed by atoms with van der Waals surface area (Å²) in [6, 6.07) is 8.77. The summed E-state index contributed by atoms with van der Waals surface area (Å²) in [5.41, 5.74) is 2.96. The van der Waals surface area contributed by atoms with E-state index in [1.54, 1.807) is 28.9 Å². The highest BCUT2D eigenvalue weighted by Gasteiger charge is 2.37. The molecule has 0 radical (unpaired) electrons. The van der Waals surface area contributed by atoms with Crippen molar-refractivity contribution in [3.63, 3.8) is 0 Å². The minimum absolute atomic E-state index is 0.146. The van der Waals surface area contributed by atoms with Gasteiger partial charge >= 0.3 is 6.18 Å². The molecule has 0 amide bonds. The number of benzene rings is 1. The van der Waals surface area contributed by atoms with Gasteiger partial charge in [-0.25, -0.2) is 0 Å². The van der Waals surface area contributed by atoms with E-state index in [2.05, 4.69) is 11.2 Å². The van der Waals surface area contributed by atoms with E-state index in [1.165, 1.54) is 0 Å². The van der Waals surface area contributed by atoms with Gasteiger partial charge in [-0.15, -0.1) is 0 Å². The van der Waals surface area contributed by atoms with Crippen molar-refractivity contribution in [3.05, 3.63) is 41.1 Å². The van der Waals surface area contributed by atoms with E-state index in [4.69, 9.17) is 5.26 Å². The summed E-state index contributed by atoms with van der Waals surface area (Å²) in [6.07, 6.45) is -4.28. The van der Waals surface area contributed by atoms with Gasteiger partial charge in [-0.1, -0.05) is 12.1 Å². The number of halogens is 3. The van der Waals surface area contributed by atoms with Gasteiger partial charge in [0, 0.05) is 23.6 Å². The van der Waals surface area contributed by atoms with Gasteiger partial charge in [0.25, 0.3) is 0 Å². The largest absolute Gasteiger partial charge is 0.389 e. The van der Waals surface area contributed by atoms with E-state index in [9.17, 15) is 18.0 Å². The summed E-state index contributed by atoms with van der Waals surface area (Å²) >= 11 is 0. The number of carbonyl (C=O) groups is 1. The number of hydrogen-bond acceptors (Lipinski definition) is 3. The van der Waals surface area contributed by atoms with Crippen LogP contribution in [0.1, 0.15) is 73.1 Å². The second-order valence-electron chi connectivity index (χ2n) is 7.15. The molecule has 1 heterocycles. The van der Waals surface area contributed by atoms with Crippen LogP contribution in [0.2, 0.25) is 0 Å². The first-order valence-corrected chi connectivity index (χ1v) is 8.94. The number of nitrogens with zero attached hydrogens (tertiary/aromatic N) is 3. The number of aromatic nitrogens is 2. The van der Waals surface area contributed by atoms with Crippen molar-refractivity contribution in [1.82, 2.24) is 9.78 Å². The maximum Gasteiger partial charge on any atom is 0.389 e. The van der Waals surface area contributed by atoms with Crippen molar-refractivity contribution in [2.45, 2.75) is 57.7 Å². The molecular formula is C20H20F3N3O. The van der Waals surface area contributed by atoms with Crippen molar-refractivity contribution in [1.29, 1.82) is 5.26 Å². The zero-order valence-corrected chi connectivity index (χ0v) is 15.2. The summed E-state index contributed by atoms with van der Waals surface area (Å²) in [5, 5.41) is 13.6. The standard InChI is InChI=1S/C20H20F3N3O/c1-12(2)26-19(16(27)9-10-20(21,22)23)17(14-7-8-14)18(25-26)15-5-3-13(11-24)4-6-15/h3-6,12,14H,7-10H2,1-2H3. The van der Waals surface area contributed by atoms with Crippen LogP contribution in [0.4, 0.5) is 13.2 Å². The number of ketones is 1. The third-order valence-corrected chi connectivity index (χ3v) is 4.61. The van der Waals surface area contributed by atoms with Crippen LogP contribution in [0.3, 0.4) is 0 Å². The molecule has 142 valence electrons. The topological polar surface area (TPSA) is 58.7 Å². The number of alkyl halides is 3. The summed E-state index contributed by atoms with van der Waals surface area (Å²) < 4.78 is 39.4. The van der Waals surface area contributed by atoms with Gasteiger partial charge in [0.1, 0.15) is 5.69 Å². The second kappa shape index (κ2) is 7.18. The van der Waals surface area contributed by atoms with Crippen LogP contribution in [-0.4, -0.2) is 21.7 Å². The highest BCUT2D eigenvalue weighted by atomic mass is 19.4. The molecule has 0 aliphatic heterocycles. The van der Waals surface area contributed by atoms with E-state index < -0.39 is 24.8 Å². The van der Waals surface area contributed by atoms with Crippen LogP contribution in [0.25, 0.3) is 11.3 Å². The van der Waals surface area contributed by atoms with Gasteiger partial charge in [-0.05, 0) is 44.7 Å². The van der Waals surface area contributed by atoms with Crippen LogP contribution in [0.15, 0.2) is 24.3 Å². The molecule has 7 heteroatoms. The summed E-state index contributed by atoms with van der Waals surface area (Å²) in [4.78, 5) is 12.7. The Balaban J connectivity index is 2.07. The summed E-state index contributed by atoms with van der Waals surface area (Å²) in [5.74, 6) is -0.372. The molecule has 1 aliphatic rings. The van der Waals surface area contributed by atoms with Crippen molar-refractivity contribution < 1.29 is 18.0 Å². The van der Waals surface area contributed by atoms with E-state index in [-0.39, 0.29) is 12.0 Å². The lowest BCUT2D eigenvalue weighted by molar-refractivity contribution is -0.133. The number of nitriles is 1. The Morgan fingerprint density at radius 1 is 1.30 bits per heavy atom. The van der Waals surface area contributed by atoms with Crippen molar-refractivity contribution in [2.24, 2.45) is 0 Å². The molecule has 1 saturated carbocycles. The molecule has 0 bridgehead atoms. The number of Topliss-reactive ketones (excluding diaryl/α,β-unsaturated/α-hetero) is 1. The van der Waals surface area contributed by atoms with E-state index in [1.807, 2.05) is 13.8 Å². The predicted octanol–water partition coefficient (Wildman–Crippen LogP) is 5.41. The quantitative estimate of drug-likeness (QED) is 0.635. The molecule has 3 rings (SSSR count). The fourth-order valence-electron chi connectivity index (χ4n) is 3.15. The highest BCUT2D eigenvalue weighted by Crippen LogP contribution is 2.47. The average Bonchev–Trinajstić information content (AvgIpc) is 3.38. The first kappa shape index (κ1) is 19.2. The Labute approximate surface area is 155 Å². The third-order valence-electron chi connectivity index (χ3n) is 4.61. The molecule has 1 aliphatic carbocycles. The maximum absolute atomic E-state index is 12.7. The molecule has 1 aromatic heterocycles. The van der Waals surface area contributed by atoms with Crippen LogP contribution in [0.5, 0.6) is 0 Å². The first-order valence-electron chi connectivity index (χ1n) is 8.94. The Morgan fingerprint density at radius 3 is 2.41 bits per heavy atom. The summed E-state index contributed by atoms with van der Waals surface area (Å²) in [6.45, 7) is 3.71. The Morgan fingerprint density at radius 2 is 1.93 bits per heavy atom. The minimum atomic E-state index is -4.37. The van der Waals surface area contributed by atoms with Gasteiger partial charge in [0.05, 0.1) is 23.7 Å². The normalized spacial score (nSPS) is 14.4. The molecular weight excluding hydrogens is 355 g/mol. The zero-order chi connectivity index (χ0) is 19.8.